The summed E-state index contributed by atoms with van der Waals surface area (Å²) in [4.78, 5) is 22.6. The van der Waals surface area contributed by atoms with Crippen molar-refractivity contribution >= 4 is 42.4 Å². The van der Waals surface area contributed by atoms with Gasteiger partial charge < -0.3 is 14.2 Å². The van der Waals surface area contributed by atoms with E-state index in [4.69, 9.17) is 14.2 Å². The van der Waals surface area contributed by atoms with E-state index in [0.29, 0.717) is 53.2 Å². The van der Waals surface area contributed by atoms with Gasteiger partial charge in [0.15, 0.2) is 26.5 Å². The van der Waals surface area contributed by atoms with Gasteiger partial charge in [0, 0.05) is 32.4 Å². The van der Waals surface area contributed by atoms with Crippen LogP contribution in [0, 0.1) is 0 Å². The molecule has 1 amide bonds. The predicted octanol–water partition coefficient (Wildman–Crippen LogP) is 2.59. The number of aromatic nitrogens is 1. The van der Waals surface area contributed by atoms with E-state index in [1.54, 1.807) is 23.1 Å². The molecule has 0 bridgehead atoms. The number of morpholine rings is 1. The maximum atomic E-state index is 13.8. The van der Waals surface area contributed by atoms with Crippen molar-refractivity contribution in [2.24, 2.45) is 0 Å². The molecule has 1 aromatic heterocycles. The third kappa shape index (κ3) is 5.13. The lowest BCUT2D eigenvalue weighted by atomic mass is 10.1. The van der Waals surface area contributed by atoms with E-state index in [-0.39, 0.29) is 10.8 Å². The summed E-state index contributed by atoms with van der Waals surface area (Å²) in [6.07, 6.45) is -0.156. The molecular weight excluding hydrogens is 490 g/mol. The summed E-state index contributed by atoms with van der Waals surface area (Å²) >= 11 is 1.29. The van der Waals surface area contributed by atoms with Gasteiger partial charge in [0.05, 0.1) is 28.3 Å². The summed E-state index contributed by atoms with van der Waals surface area (Å²) < 4.78 is 42.2. The van der Waals surface area contributed by atoms with Gasteiger partial charge in [-0.25, -0.2) is 13.4 Å². The van der Waals surface area contributed by atoms with Crippen LogP contribution in [0.4, 0.5) is 5.13 Å². The number of benzene rings is 2. The number of carbonyl (C=O) groups is 1. The zero-order valence-corrected chi connectivity index (χ0v) is 21.2. The number of rotatable bonds is 6. The fourth-order valence-electron chi connectivity index (χ4n) is 4.15. The molecule has 2 atom stereocenters. The van der Waals surface area contributed by atoms with Crippen LogP contribution < -0.4 is 14.4 Å². The molecule has 3 heterocycles. The first-order valence-electron chi connectivity index (χ1n) is 11.4. The Kier molecular flexibility index (Phi) is 6.67. The standard InChI is InChI=1S/C24H27N3O6S2/c1-16-22(33-20-6-4-3-5-19(20)32-16)23(28)27(10-9-26-11-13-31-14-12-26)24-25-18-8-7-17(35(2,29)30)15-21(18)34-24/h3-8,15-16,22H,9-14H2,1-2H3. The zero-order chi connectivity index (χ0) is 24.6. The number of hydrogen-bond donors (Lipinski definition) is 0. The Hall–Kier alpha value is -2.73. The molecule has 1 saturated heterocycles. The maximum absolute atomic E-state index is 13.8. The summed E-state index contributed by atoms with van der Waals surface area (Å²) in [5.74, 6) is 0.888. The van der Waals surface area contributed by atoms with Gasteiger partial charge in [-0.15, -0.1) is 0 Å². The molecule has 2 aliphatic heterocycles. The number of thiazole rings is 1. The SMILES string of the molecule is CC1Oc2ccccc2OC1C(=O)N(CCN1CCOCC1)c1nc2ccc(S(C)(=O)=O)cc2s1. The fraction of sp³-hybridized carbons (Fsp3) is 0.417. The number of fused-ring (bicyclic) bond motifs is 2. The van der Waals surface area contributed by atoms with E-state index in [2.05, 4.69) is 9.88 Å². The number of anilines is 1. The first-order valence-corrected chi connectivity index (χ1v) is 14.1. The van der Waals surface area contributed by atoms with Crippen molar-refractivity contribution in [3.8, 4) is 11.5 Å². The Bertz CT molecular complexity index is 1340. The summed E-state index contributed by atoms with van der Waals surface area (Å²) in [6.45, 7) is 5.80. The van der Waals surface area contributed by atoms with Crippen molar-refractivity contribution in [1.82, 2.24) is 9.88 Å². The number of para-hydroxylation sites is 2. The van der Waals surface area contributed by atoms with Gasteiger partial charge in [-0.05, 0) is 37.3 Å². The molecule has 2 aromatic carbocycles. The van der Waals surface area contributed by atoms with Crippen LogP contribution in [0.3, 0.4) is 0 Å². The van der Waals surface area contributed by atoms with Crippen molar-refractivity contribution in [2.75, 3.05) is 50.5 Å². The van der Waals surface area contributed by atoms with Crippen LogP contribution in [0.5, 0.6) is 11.5 Å². The van der Waals surface area contributed by atoms with Crippen molar-refractivity contribution < 1.29 is 27.4 Å². The van der Waals surface area contributed by atoms with Gasteiger partial charge in [0.25, 0.3) is 5.91 Å². The Balaban J connectivity index is 1.46. The third-order valence-electron chi connectivity index (χ3n) is 6.10. The minimum atomic E-state index is -3.36. The average molecular weight is 518 g/mol. The van der Waals surface area contributed by atoms with Crippen molar-refractivity contribution in [1.29, 1.82) is 0 Å². The molecule has 186 valence electrons. The maximum Gasteiger partial charge on any atom is 0.273 e. The van der Waals surface area contributed by atoms with Gasteiger partial charge in [-0.3, -0.25) is 14.6 Å². The van der Waals surface area contributed by atoms with Crippen LogP contribution in [-0.2, 0) is 19.4 Å². The third-order valence-corrected chi connectivity index (χ3v) is 8.25. The highest BCUT2D eigenvalue weighted by molar-refractivity contribution is 7.90. The number of amides is 1. The molecule has 0 radical (unpaired) electrons. The lowest BCUT2D eigenvalue weighted by Gasteiger charge is -2.34. The predicted molar refractivity (Wildman–Crippen MR) is 133 cm³/mol. The van der Waals surface area contributed by atoms with Crippen LogP contribution in [-0.4, -0.2) is 82.1 Å². The van der Waals surface area contributed by atoms with Crippen LogP contribution in [0.15, 0.2) is 47.4 Å². The first kappa shape index (κ1) is 24.0. The second-order valence-electron chi connectivity index (χ2n) is 8.65. The lowest BCUT2D eigenvalue weighted by Crippen LogP contribution is -2.52. The van der Waals surface area contributed by atoms with Gasteiger partial charge in [0.2, 0.25) is 6.10 Å². The van der Waals surface area contributed by atoms with E-state index in [9.17, 15) is 13.2 Å². The normalized spacial score (nSPS) is 20.6. The average Bonchev–Trinajstić information content (AvgIpc) is 3.27. The largest absolute Gasteiger partial charge is 0.482 e. The van der Waals surface area contributed by atoms with E-state index >= 15 is 0 Å². The van der Waals surface area contributed by atoms with Crippen molar-refractivity contribution in [3.05, 3.63) is 42.5 Å². The number of ether oxygens (including phenoxy) is 3. The number of hydrogen-bond acceptors (Lipinski definition) is 9. The molecule has 2 aliphatic rings. The van der Waals surface area contributed by atoms with Crippen LogP contribution in [0.25, 0.3) is 10.2 Å². The zero-order valence-electron chi connectivity index (χ0n) is 19.5. The van der Waals surface area contributed by atoms with E-state index in [1.807, 2.05) is 25.1 Å². The highest BCUT2D eigenvalue weighted by atomic mass is 32.2. The Morgan fingerprint density at radius 2 is 1.86 bits per heavy atom. The number of sulfone groups is 1. The summed E-state index contributed by atoms with van der Waals surface area (Å²) in [6, 6.07) is 12.1. The Morgan fingerprint density at radius 1 is 1.14 bits per heavy atom. The molecule has 3 aromatic rings. The minimum absolute atomic E-state index is 0.223. The Labute approximate surface area is 208 Å². The summed E-state index contributed by atoms with van der Waals surface area (Å²) in [7, 11) is -3.36. The molecule has 1 fully saturated rings. The fourth-order valence-corrected chi connectivity index (χ4v) is 5.91. The van der Waals surface area contributed by atoms with E-state index < -0.39 is 22.0 Å². The Morgan fingerprint density at radius 3 is 2.57 bits per heavy atom. The van der Waals surface area contributed by atoms with Gasteiger partial charge in [-0.1, -0.05) is 23.5 Å². The second-order valence-corrected chi connectivity index (χ2v) is 11.7. The van der Waals surface area contributed by atoms with Crippen molar-refractivity contribution in [3.63, 3.8) is 0 Å². The van der Waals surface area contributed by atoms with E-state index in [1.165, 1.54) is 23.7 Å². The number of nitrogens with zero attached hydrogens (tertiary/aromatic N) is 3. The van der Waals surface area contributed by atoms with Crippen LogP contribution >= 0.6 is 11.3 Å². The summed E-state index contributed by atoms with van der Waals surface area (Å²) in [5.41, 5.74) is 0.640. The molecule has 11 heteroatoms. The molecule has 9 nitrogen and oxygen atoms in total. The first-order chi connectivity index (χ1) is 16.8. The second kappa shape index (κ2) is 9.73. The topological polar surface area (TPSA) is 98.3 Å². The van der Waals surface area contributed by atoms with Crippen LogP contribution in [0.2, 0.25) is 0 Å². The molecule has 0 N–H and O–H groups in total. The minimum Gasteiger partial charge on any atom is -0.482 e. The number of carbonyl (C=O) groups excluding carboxylic acids is 1. The molecule has 35 heavy (non-hydrogen) atoms. The molecule has 2 unspecified atom stereocenters. The van der Waals surface area contributed by atoms with Crippen molar-refractivity contribution in [2.45, 2.75) is 24.0 Å². The van der Waals surface area contributed by atoms with Gasteiger partial charge in [0.1, 0.15) is 6.10 Å². The van der Waals surface area contributed by atoms with Crippen LogP contribution in [0.1, 0.15) is 6.92 Å². The monoisotopic (exact) mass is 517 g/mol. The lowest BCUT2D eigenvalue weighted by molar-refractivity contribution is -0.130. The smallest absolute Gasteiger partial charge is 0.273 e. The van der Waals surface area contributed by atoms with Gasteiger partial charge in [-0.2, -0.15) is 0 Å². The van der Waals surface area contributed by atoms with Gasteiger partial charge >= 0.3 is 0 Å². The quantitative estimate of drug-likeness (QED) is 0.492. The molecule has 5 rings (SSSR count). The molecule has 0 saturated carbocycles. The highest BCUT2D eigenvalue weighted by Crippen LogP contribution is 2.36. The van der Waals surface area contributed by atoms with E-state index in [0.717, 1.165) is 13.1 Å². The molecule has 0 spiro atoms. The molecule has 0 aliphatic carbocycles. The molecular formula is C24H27N3O6S2. The highest BCUT2D eigenvalue weighted by Gasteiger charge is 2.38. The summed E-state index contributed by atoms with van der Waals surface area (Å²) in [5, 5.41) is 0.499.